The molecule has 2 aliphatic rings. The summed E-state index contributed by atoms with van der Waals surface area (Å²) in [7, 11) is 0. The van der Waals surface area contributed by atoms with E-state index in [0.29, 0.717) is 0 Å². The van der Waals surface area contributed by atoms with Crippen LogP contribution in [0.5, 0.6) is 0 Å². The van der Waals surface area contributed by atoms with Crippen molar-refractivity contribution in [1.29, 1.82) is 0 Å². The van der Waals surface area contributed by atoms with Crippen LogP contribution < -0.4 is 0 Å². The Morgan fingerprint density at radius 1 is 1.14 bits per heavy atom. The first kappa shape index (κ1) is 16.9. The molecule has 1 unspecified atom stereocenters. The number of aryl methyl sites for hydroxylation is 1. The molecule has 0 saturated carbocycles. The van der Waals surface area contributed by atoms with E-state index >= 15 is 0 Å². The molecule has 0 radical (unpaired) electrons. The highest BCUT2D eigenvalue weighted by Gasteiger charge is 2.22. The van der Waals surface area contributed by atoms with Crippen molar-refractivity contribution < 1.29 is 0 Å². The van der Waals surface area contributed by atoms with Crippen molar-refractivity contribution in [3.8, 4) is 10.6 Å². The maximum absolute atomic E-state index is 4.79. The van der Waals surface area contributed by atoms with Crippen LogP contribution in [0.15, 0.2) is 71.4 Å². The van der Waals surface area contributed by atoms with Crippen LogP contribution in [-0.2, 0) is 0 Å². The molecule has 6 nitrogen and oxygen atoms in total. The van der Waals surface area contributed by atoms with Gasteiger partial charge in [-0.1, -0.05) is 31.2 Å². The van der Waals surface area contributed by atoms with E-state index in [9.17, 15) is 0 Å². The summed E-state index contributed by atoms with van der Waals surface area (Å²) in [6.07, 6.45) is 14.4. The molecule has 7 heteroatoms. The summed E-state index contributed by atoms with van der Waals surface area (Å²) in [6.45, 7) is 4.13. The van der Waals surface area contributed by atoms with Gasteiger partial charge in [0.15, 0.2) is 11.5 Å². The number of rotatable bonds is 3. The van der Waals surface area contributed by atoms with Crippen LogP contribution in [0.25, 0.3) is 16.2 Å². The van der Waals surface area contributed by atoms with Crippen LogP contribution in [0.3, 0.4) is 0 Å². The number of hydrogen-bond acceptors (Lipinski definition) is 6. The van der Waals surface area contributed by atoms with Gasteiger partial charge in [-0.25, -0.2) is 0 Å². The molecule has 4 heterocycles. The summed E-state index contributed by atoms with van der Waals surface area (Å²) < 4.78 is 6.20. The molecular formula is C21H18N6S. The van der Waals surface area contributed by atoms with Gasteiger partial charge in [-0.05, 0) is 54.4 Å². The molecule has 28 heavy (non-hydrogen) atoms. The fourth-order valence-electron chi connectivity index (χ4n) is 3.42. The number of aromatic nitrogens is 5. The van der Waals surface area contributed by atoms with E-state index in [1.807, 2.05) is 48.0 Å². The summed E-state index contributed by atoms with van der Waals surface area (Å²) in [4.78, 5) is 5.53. The molecule has 0 spiro atoms. The SMILES string of the molecule is Cc1cc(-c2ccc3nnc([C@@H](C)C4=CC5C=CC=CN=C5C=C4)n3n2)sn1. The minimum Gasteiger partial charge on any atom is -0.260 e. The molecule has 1 aliphatic heterocycles. The molecule has 1 aliphatic carbocycles. The Labute approximate surface area is 166 Å². The molecule has 0 amide bonds. The standard InChI is InChI=1S/C21H18N6S/c1-13-11-19(28-26-13)18-8-9-20-23-24-21(27(20)25-18)14(2)15-6-7-17-16(12-15)5-3-4-10-22-17/h3-12,14,16H,1-2H3/t14-,16?/m0/s1. The molecular weight excluding hydrogens is 368 g/mol. The molecule has 0 N–H and O–H groups in total. The lowest BCUT2D eigenvalue weighted by molar-refractivity contribution is 0.746. The zero-order valence-electron chi connectivity index (χ0n) is 15.5. The van der Waals surface area contributed by atoms with Crippen LogP contribution in [0, 0.1) is 12.8 Å². The highest BCUT2D eigenvalue weighted by Crippen LogP contribution is 2.30. The molecule has 0 fully saturated rings. The maximum Gasteiger partial charge on any atom is 0.177 e. The molecule has 2 atom stereocenters. The van der Waals surface area contributed by atoms with Crippen molar-refractivity contribution in [2.75, 3.05) is 0 Å². The third-order valence-electron chi connectivity index (χ3n) is 4.95. The molecule has 138 valence electrons. The van der Waals surface area contributed by atoms with Gasteiger partial charge in [0.2, 0.25) is 0 Å². The fourth-order valence-corrected chi connectivity index (χ4v) is 4.14. The molecule has 0 aromatic carbocycles. The average molecular weight is 386 g/mol. The van der Waals surface area contributed by atoms with Crippen LogP contribution in [-0.4, -0.2) is 29.9 Å². The minimum absolute atomic E-state index is 0.0587. The van der Waals surface area contributed by atoms with E-state index in [-0.39, 0.29) is 11.8 Å². The van der Waals surface area contributed by atoms with Gasteiger partial charge in [0, 0.05) is 18.0 Å². The van der Waals surface area contributed by atoms with Crippen molar-refractivity contribution in [1.82, 2.24) is 24.2 Å². The Morgan fingerprint density at radius 3 is 2.93 bits per heavy atom. The normalized spacial score (nSPS) is 19.3. The van der Waals surface area contributed by atoms with Crippen LogP contribution in [0.4, 0.5) is 0 Å². The third-order valence-corrected chi connectivity index (χ3v) is 5.86. The summed E-state index contributed by atoms with van der Waals surface area (Å²) in [5, 5.41) is 13.5. The lowest BCUT2D eigenvalue weighted by Crippen LogP contribution is -2.14. The zero-order chi connectivity index (χ0) is 19.1. The molecule has 0 saturated heterocycles. The van der Waals surface area contributed by atoms with Crippen molar-refractivity contribution in [2.24, 2.45) is 10.9 Å². The molecule has 3 aromatic rings. The van der Waals surface area contributed by atoms with Crippen molar-refractivity contribution >= 4 is 22.9 Å². The first-order valence-corrected chi connectivity index (χ1v) is 9.93. The van der Waals surface area contributed by atoms with Gasteiger partial charge in [0.25, 0.3) is 0 Å². The number of nitrogens with zero attached hydrogens (tertiary/aromatic N) is 6. The van der Waals surface area contributed by atoms with E-state index in [0.717, 1.165) is 33.4 Å². The minimum atomic E-state index is 0.0587. The second-order valence-electron chi connectivity index (χ2n) is 6.91. The Morgan fingerprint density at radius 2 is 2.07 bits per heavy atom. The fraction of sp³-hybridized carbons (Fsp3) is 0.190. The predicted octanol–water partition coefficient (Wildman–Crippen LogP) is 4.30. The van der Waals surface area contributed by atoms with E-state index in [2.05, 4.69) is 50.8 Å². The van der Waals surface area contributed by atoms with Gasteiger partial charge in [-0.3, -0.25) is 4.99 Å². The van der Waals surface area contributed by atoms with Crippen LogP contribution in [0.2, 0.25) is 0 Å². The van der Waals surface area contributed by atoms with Gasteiger partial charge in [0.1, 0.15) is 5.69 Å². The molecule has 3 aromatic heterocycles. The zero-order valence-corrected chi connectivity index (χ0v) is 16.3. The topological polar surface area (TPSA) is 68.3 Å². The number of hydrogen-bond donors (Lipinski definition) is 0. The Bertz CT molecular complexity index is 1210. The highest BCUT2D eigenvalue weighted by molar-refractivity contribution is 7.09. The summed E-state index contributed by atoms with van der Waals surface area (Å²) >= 11 is 1.45. The lowest BCUT2D eigenvalue weighted by Gasteiger charge is -2.19. The number of allylic oxidation sites excluding steroid dienone is 7. The second-order valence-corrected chi connectivity index (χ2v) is 7.71. The summed E-state index contributed by atoms with van der Waals surface area (Å²) in [6, 6.07) is 5.97. The Balaban J connectivity index is 1.53. The molecule has 0 bridgehead atoms. The third kappa shape index (κ3) is 2.93. The van der Waals surface area contributed by atoms with E-state index in [1.165, 1.54) is 17.1 Å². The van der Waals surface area contributed by atoms with Gasteiger partial charge in [0.05, 0.1) is 16.3 Å². The quantitative estimate of drug-likeness (QED) is 0.673. The van der Waals surface area contributed by atoms with Gasteiger partial charge in [-0.2, -0.15) is 14.0 Å². The first-order valence-electron chi connectivity index (χ1n) is 9.16. The lowest BCUT2D eigenvalue weighted by atomic mass is 9.88. The smallest absolute Gasteiger partial charge is 0.177 e. The summed E-state index contributed by atoms with van der Waals surface area (Å²) in [5.41, 5.74) is 4.86. The second kappa shape index (κ2) is 6.76. The van der Waals surface area contributed by atoms with Gasteiger partial charge in [-0.15, -0.1) is 10.2 Å². The van der Waals surface area contributed by atoms with Crippen molar-refractivity contribution in [3.63, 3.8) is 0 Å². The molecule has 5 rings (SSSR count). The van der Waals surface area contributed by atoms with Gasteiger partial charge < -0.3 is 0 Å². The highest BCUT2D eigenvalue weighted by atomic mass is 32.1. The van der Waals surface area contributed by atoms with E-state index < -0.39 is 0 Å². The number of fused-ring (bicyclic) bond motifs is 2. The number of aliphatic imine (C=N–C) groups is 1. The van der Waals surface area contributed by atoms with E-state index in [1.54, 1.807) is 0 Å². The summed E-state index contributed by atoms with van der Waals surface area (Å²) in [5.74, 6) is 1.06. The predicted molar refractivity (Wildman–Crippen MR) is 111 cm³/mol. The Hall–Kier alpha value is -3.19. The van der Waals surface area contributed by atoms with Crippen LogP contribution >= 0.6 is 11.5 Å². The van der Waals surface area contributed by atoms with Crippen molar-refractivity contribution in [2.45, 2.75) is 19.8 Å². The monoisotopic (exact) mass is 386 g/mol. The van der Waals surface area contributed by atoms with Crippen LogP contribution in [0.1, 0.15) is 24.4 Å². The first-order chi connectivity index (χ1) is 13.7. The van der Waals surface area contributed by atoms with Gasteiger partial charge >= 0.3 is 0 Å². The van der Waals surface area contributed by atoms with E-state index in [4.69, 9.17) is 5.10 Å². The Kier molecular flexibility index (Phi) is 4.09. The average Bonchev–Trinajstić information content (AvgIpc) is 3.26. The van der Waals surface area contributed by atoms with Crippen molar-refractivity contribution in [3.05, 3.63) is 77.9 Å². The largest absolute Gasteiger partial charge is 0.260 e. The maximum atomic E-state index is 4.79.